The minimum Gasteiger partial charge on any atom is -0.493 e. The van der Waals surface area contributed by atoms with Crippen molar-refractivity contribution in [3.05, 3.63) is 23.9 Å². The molecule has 0 bridgehead atoms. The van der Waals surface area contributed by atoms with E-state index in [4.69, 9.17) is 20.2 Å². The van der Waals surface area contributed by atoms with Crippen LogP contribution in [-0.4, -0.2) is 43.1 Å². The van der Waals surface area contributed by atoms with Gasteiger partial charge in [-0.2, -0.15) is 0 Å². The van der Waals surface area contributed by atoms with Gasteiger partial charge < -0.3 is 20.1 Å². The summed E-state index contributed by atoms with van der Waals surface area (Å²) in [6.07, 6.45) is 3.31. The molecule has 1 aliphatic rings. The summed E-state index contributed by atoms with van der Waals surface area (Å²) in [6, 6.07) is 5.73. The molecule has 140 valence electrons. The molecule has 0 aliphatic carbocycles. The molecule has 1 aromatic heterocycles. The molecule has 1 amide bonds. The zero-order chi connectivity index (χ0) is 18.7. The number of pyridine rings is 1. The van der Waals surface area contributed by atoms with Crippen LogP contribution in [0.2, 0.25) is 0 Å². The highest BCUT2D eigenvalue weighted by Gasteiger charge is 2.26. The predicted octanol–water partition coefficient (Wildman–Crippen LogP) is 3.34. The van der Waals surface area contributed by atoms with Gasteiger partial charge in [-0.1, -0.05) is 6.92 Å². The summed E-state index contributed by atoms with van der Waals surface area (Å²) in [5.41, 5.74) is 8.77. The van der Waals surface area contributed by atoms with Crippen LogP contribution in [0.4, 0.5) is 5.69 Å². The van der Waals surface area contributed by atoms with Crippen molar-refractivity contribution < 1.29 is 14.3 Å². The lowest BCUT2D eigenvalue weighted by atomic mass is 9.91. The van der Waals surface area contributed by atoms with Crippen LogP contribution in [0.15, 0.2) is 18.2 Å². The Balaban J connectivity index is 1.84. The number of nitrogens with two attached hydrogens (primary N) is 1. The van der Waals surface area contributed by atoms with E-state index >= 15 is 0 Å². The van der Waals surface area contributed by atoms with E-state index in [1.54, 1.807) is 14.2 Å². The summed E-state index contributed by atoms with van der Waals surface area (Å²) < 4.78 is 10.7. The van der Waals surface area contributed by atoms with Gasteiger partial charge in [-0.25, -0.2) is 0 Å². The van der Waals surface area contributed by atoms with Crippen molar-refractivity contribution in [2.45, 2.75) is 38.5 Å². The number of aromatic nitrogens is 1. The Morgan fingerprint density at radius 1 is 1.19 bits per heavy atom. The Bertz CT molecular complexity index is 798. The first-order valence-electron chi connectivity index (χ1n) is 9.17. The maximum absolute atomic E-state index is 12.1. The molecule has 1 aliphatic heterocycles. The van der Waals surface area contributed by atoms with Gasteiger partial charge in [0.25, 0.3) is 0 Å². The maximum atomic E-state index is 12.1. The lowest BCUT2D eigenvalue weighted by Crippen LogP contribution is -2.38. The first kappa shape index (κ1) is 18.3. The highest BCUT2D eigenvalue weighted by Crippen LogP contribution is 2.36. The van der Waals surface area contributed by atoms with E-state index < -0.39 is 0 Å². The summed E-state index contributed by atoms with van der Waals surface area (Å²) in [4.78, 5) is 18.9. The smallest absolute Gasteiger partial charge is 0.222 e. The van der Waals surface area contributed by atoms with Crippen LogP contribution in [0.1, 0.15) is 44.2 Å². The number of amides is 1. The highest BCUT2D eigenvalue weighted by molar-refractivity contribution is 5.86. The molecule has 6 heteroatoms. The van der Waals surface area contributed by atoms with Crippen LogP contribution < -0.4 is 15.2 Å². The average molecular weight is 357 g/mol. The van der Waals surface area contributed by atoms with E-state index in [1.165, 1.54) is 0 Å². The van der Waals surface area contributed by atoms with Gasteiger partial charge in [0.2, 0.25) is 5.91 Å². The van der Waals surface area contributed by atoms with E-state index in [0.717, 1.165) is 48.9 Å². The standard InChI is InChI=1S/C20H27N3O3/c1-4-5-19(24)23-8-6-13(7-9-23)20-15(21)10-14-11-17(25-2)18(26-3)12-16(14)22-20/h10-13H,4-9,21H2,1-3H3. The third kappa shape index (κ3) is 3.54. The Hall–Kier alpha value is -2.50. The number of methoxy groups -OCH3 is 2. The van der Waals surface area contributed by atoms with Gasteiger partial charge >= 0.3 is 0 Å². The number of fused-ring (bicyclic) bond motifs is 1. The number of rotatable bonds is 5. The highest BCUT2D eigenvalue weighted by atomic mass is 16.5. The summed E-state index contributed by atoms with van der Waals surface area (Å²) in [5, 5.41) is 0.930. The van der Waals surface area contributed by atoms with Crippen LogP contribution in [0.25, 0.3) is 10.9 Å². The molecule has 26 heavy (non-hydrogen) atoms. The quantitative estimate of drug-likeness (QED) is 0.888. The monoisotopic (exact) mass is 357 g/mol. The van der Waals surface area contributed by atoms with Gasteiger partial charge in [-0.15, -0.1) is 0 Å². The van der Waals surface area contributed by atoms with E-state index in [2.05, 4.69) is 0 Å². The molecule has 1 saturated heterocycles. The van der Waals surface area contributed by atoms with Gasteiger partial charge in [0.15, 0.2) is 11.5 Å². The molecular weight excluding hydrogens is 330 g/mol. The van der Waals surface area contributed by atoms with E-state index in [9.17, 15) is 4.79 Å². The number of benzene rings is 1. The molecular formula is C20H27N3O3. The first-order valence-corrected chi connectivity index (χ1v) is 9.17. The molecule has 0 spiro atoms. The van der Waals surface area contributed by atoms with Crippen LogP contribution in [0.5, 0.6) is 11.5 Å². The fourth-order valence-electron chi connectivity index (χ4n) is 3.63. The van der Waals surface area contributed by atoms with Gasteiger partial charge in [0.05, 0.1) is 31.1 Å². The summed E-state index contributed by atoms with van der Waals surface area (Å²) in [7, 11) is 3.23. The largest absolute Gasteiger partial charge is 0.493 e. The van der Waals surface area contributed by atoms with Crippen molar-refractivity contribution in [3.63, 3.8) is 0 Å². The third-order valence-corrected chi connectivity index (χ3v) is 5.08. The van der Waals surface area contributed by atoms with Crippen molar-refractivity contribution >= 4 is 22.5 Å². The SMILES string of the molecule is CCCC(=O)N1CCC(c2nc3cc(OC)c(OC)cc3cc2N)CC1. The molecule has 1 aromatic carbocycles. The van der Waals surface area contributed by atoms with E-state index in [1.807, 2.05) is 30.0 Å². The molecule has 0 atom stereocenters. The number of nitrogen functional groups attached to an aromatic ring is 1. The number of likely N-dealkylation sites (tertiary alicyclic amines) is 1. The molecule has 1 fully saturated rings. The minimum absolute atomic E-state index is 0.252. The Kier molecular flexibility index (Phi) is 5.49. The number of carbonyl (C=O) groups is 1. The number of anilines is 1. The number of piperidine rings is 1. The van der Waals surface area contributed by atoms with Crippen LogP contribution in [-0.2, 0) is 4.79 Å². The van der Waals surface area contributed by atoms with Crippen molar-refractivity contribution in [2.24, 2.45) is 0 Å². The van der Waals surface area contributed by atoms with Gasteiger partial charge in [-0.05, 0) is 31.4 Å². The molecule has 2 N–H and O–H groups in total. The fourth-order valence-corrected chi connectivity index (χ4v) is 3.63. The van der Waals surface area contributed by atoms with E-state index in [-0.39, 0.29) is 11.8 Å². The lowest BCUT2D eigenvalue weighted by Gasteiger charge is -2.32. The maximum Gasteiger partial charge on any atom is 0.222 e. The molecule has 6 nitrogen and oxygen atoms in total. The number of hydrogen-bond acceptors (Lipinski definition) is 5. The fraction of sp³-hybridized carbons (Fsp3) is 0.500. The Morgan fingerprint density at radius 2 is 1.85 bits per heavy atom. The van der Waals surface area contributed by atoms with Crippen molar-refractivity contribution in [1.29, 1.82) is 0 Å². The second kappa shape index (κ2) is 7.81. The number of carbonyl (C=O) groups excluding carboxylic acids is 1. The predicted molar refractivity (Wildman–Crippen MR) is 103 cm³/mol. The van der Waals surface area contributed by atoms with Gasteiger partial charge in [0, 0.05) is 36.9 Å². The van der Waals surface area contributed by atoms with Crippen molar-refractivity contribution in [2.75, 3.05) is 33.0 Å². The van der Waals surface area contributed by atoms with Crippen LogP contribution in [0.3, 0.4) is 0 Å². The van der Waals surface area contributed by atoms with Crippen LogP contribution in [0, 0.1) is 0 Å². The summed E-state index contributed by atoms with van der Waals surface area (Å²) >= 11 is 0. The second-order valence-corrected chi connectivity index (χ2v) is 6.77. The molecule has 0 radical (unpaired) electrons. The van der Waals surface area contributed by atoms with Gasteiger partial charge in [0.1, 0.15) is 0 Å². The number of nitrogens with zero attached hydrogens (tertiary/aromatic N) is 2. The first-order chi connectivity index (χ1) is 12.6. The van der Waals surface area contributed by atoms with Crippen LogP contribution >= 0.6 is 0 Å². The third-order valence-electron chi connectivity index (χ3n) is 5.08. The molecule has 0 saturated carbocycles. The number of hydrogen-bond donors (Lipinski definition) is 1. The normalized spacial score (nSPS) is 15.3. The summed E-state index contributed by atoms with van der Waals surface area (Å²) in [6.45, 7) is 3.58. The number of ether oxygens (including phenoxy) is 2. The molecule has 0 unspecified atom stereocenters. The molecule has 3 rings (SSSR count). The minimum atomic E-state index is 0.252. The average Bonchev–Trinajstić information content (AvgIpc) is 2.66. The molecule has 2 heterocycles. The van der Waals surface area contributed by atoms with E-state index in [0.29, 0.717) is 23.6 Å². The lowest BCUT2D eigenvalue weighted by molar-refractivity contribution is -0.132. The Morgan fingerprint density at radius 3 is 2.46 bits per heavy atom. The summed E-state index contributed by atoms with van der Waals surface area (Å²) in [5.74, 6) is 1.85. The Labute approximate surface area is 154 Å². The zero-order valence-electron chi connectivity index (χ0n) is 15.7. The second-order valence-electron chi connectivity index (χ2n) is 6.77. The zero-order valence-corrected chi connectivity index (χ0v) is 15.7. The van der Waals surface area contributed by atoms with Gasteiger partial charge in [-0.3, -0.25) is 9.78 Å². The van der Waals surface area contributed by atoms with Crippen molar-refractivity contribution in [1.82, 2.24) is 9.88 Å². The molecule has 2 aromatic rings. The van der Waals surface area contributed by atoms with Crippen molar-refractivity contribution in [3.8, 4) is 11.5 Å². The topological polar surface area (TPSA) is 77.7 Å².